The Morgan fingerprint density at radius 1 is 1.17 bits per heavy atom. The lowest BCUT2D eigenvalue weighted by Crippen LogP contribution is -1.96. The molecule has 2 aromatic carbocycles. The average molecular weight is 317 g/mol. The van der Waals surface area contributed by atoms with Crippen LogP contribution in [-0.4, -0.2) is 20.9 Å². The quantitative estimate of drug-likeness (QED) is 0.728. The smallest absolute Gasteiger partial charge is 0.339 e. The van der Waals surface area contributed by atoms with Crippen LogP contribution in [0.5, 0.6) is 0 Å². The summed E-state index contributed by atoms with van der Waals surface area (Å²) in [6.45, 7) is 11.1. The third-order valence-electron chi connectivity index (χ3n) is 3.86. The molecule has 0 aliphatic heterocycles. The van der Waals surface area contributed by atoms with Gasteiger partial charge in [-0.3, -0.25) is 0 Å². The van der Waals surface area contributed by atoms with E-state index in [9.17, 15) is 4.79 Å². The first kappa shape index (κ1) is 15.5. The first-order valence-electron chi connectivity index (χ1n) is 7.38. The number of aryl methyl sites for hydroxylation is 2. The van der Waals surface area contributed by atoms with E-state index in [1.54, 1.807) is 13.0 Å². The lowest BCUT2D eigenvalue weighted by Gasteiger charge is -2.08. The van der Waals surface area contributed by atoms with Crippen LogP contribution in [0.2, 0.25) is 0 Å². The van der Waals surface area contributed by atoms with Crippen molar-refractivity contribution < 1.29 is 9.90 Å². The van der Waals surface area contributed by atoms with E-state index in [2.05, 4.69) is 9.94 Å². The van der Waals surface area contributed by atoms with Gasteiger partial charge < -0.3 is 5.11 Å². The third kappa shape index (κ3) is 2.77. The molecule has 0 saturated carbocycles. The number of benzene rings is 2. The van der Waals surface area contributed by atoms with E-state index in [-0.39, 0.29) is 5.56 Å². The van der Waals surface area contributed by atoms with Crippen LogP contribution in [0, 0.1) is 20.4 Å². The highest BCUT2D eigenvalue weighted by atomic mass is 16.4. The SMILES string of the molecule is [C-]#[N+]c1cc(-n2cc(C(=O)O)c(C)n2)ccc1-c1ccc(C)cc1. The zero-order chi connectivity index (χ0) is 17.3. The van der Waals surface area contributed by atoms with Gasteiger partial charge in [0.2, 0.25) is 0 Å². The maximum Gasteiger partial charge on any atom is 0.339 e. The molecule has 1 aromatic heterocycles. The Bertz CT molecular complexity index is 963. The molecule has 1 N–H and O–H groups in total. The molecule has 118 valence electrons. The van der Waals surface area contributed by atoms with E-state index in [1.165, 1.54) is 10.9 Å². The average Bonchev–Trinajstić information content (AvgIpc) is 2.97. The summed E-state index contributed by atoms with van der Waals surface area (Å²) in [5, 5.41) is 13.4. The second-order valence-corrected chi connectivity index (χ2v) is 5.56. The van der Waals surface area contributed by atoms with Crippen molar-refractivity contribution in [3.63, 3.8) is 0 Å². The topological polar surface area (TPSA) is 59.5 Å². The Kier molecular flexibility index (Phi) is 3.88. The summed E-state index contributed by atoms with van der Waals surface area (Å²) in [6.07, 6.45) is 1.46. The van der Waals surface area contributed by atoms with Gasteiger partial charge in [-0.2, -0.15) is 5.10 Å². The summed E-state index contributed by atoms with van der Waals surface area (Å²) in [5.41, 5.74) is 4.73. The number of aromatic carboxylic acids is 1. The zero-order valence-electron chi connectivity index (χ0n) is 13.3. The molecule has 5 nitrogen and oxygen atoms in total. The number of carboxylic acids is 1. The Balaban J connectivity index is 2.07. The molecule has 0 aliphatic rings. The number of carbonyl (C=O) groups is 1. The third-order valence-corrected chi connectivity index (χ3v) is 3.86. The van der Waals surface area contributed by atoms with Gasteiger partial charge in [0.05, 0.1) is 18.0 Å². The molecule has 0 spiro atoms. The Morgan fingerprint density at radius 2 is 1.88 bits per heavy atom. The first-order valence-corrected chi connectivity index (χ1v) is 7.38. The van der Waals surface area contributed by atoms with Crippen molar-refractivity contribution in [1.29, 1.82) is 0 Å². The number of aromatic nitrogens is 2. The van der Waals surface area contributed by atoms with Crippen LogP contribution in [0.4, 0.5) is 5.69 Å². The van der Waals surface area contributed by atoms with E-state index in [4.69, 9.17) is 11.7 Å². The van der Waals surface area contributed by atoms with Gasteiger partial charge in [-0.1, -0.05) is 35.9 Å². The normalized spacial score (nSPS) is 10.4. The Morgan fingerprint density at radius 3 is 2.46 bits per heavy atom. The van der Waals surface area contributed by atoms with Gasteiger partial charge >= 0.3 is 5.97 Å². The lowest BCUT2D eigenvalue weighted by atomic mass is 10.0. The van der Waals surface area contributed by atoms with Gasteiger partial charge in [0, 0.05) is 6.20 Å². The number of rotatable bonds is 3. The Labute approximate surface area is 139 Å². The molecule has 24 heavy (non-hydrogen) atoms. The molecule has 0 bridgehead atoms. The molecule has 0 saturated heterocycles. The standard InChI is InChI=1S/C19H15N3O2/c1-12-4-6-14(7-5-12)16-9-8-15(10-18(16)20-3)22-11-17(19(23)24)13(2)21-22/h4-11H,1-2H3,(H,23,24). The minimum atomic E-state index is -1.01. The molecule has 0 unspecified atom stereocenters. The fourth-order valence-electron chi connectivity index (χ4n) is 2.53. The molecule has 3 rings (SSSR count). The van der Waals surface area contributed by atoms with Crippen molar-refractivity contribution in [3.05, 3.63) is 76.9 Å². The van der Waals surface area contributed by atoms with Crippen molar-refractivity contribution in [1.82, 2.24) is 9.78 Å². The minimum absolute atomic E-state index is 0.155. The number of hydrogen-bond acceptors (Lipinski definition) is 2. The summed E-state index contributed by atoms with van der Waals surface area (Å²) < 4.78 is 1.49. The second-order valence-electron chi connectivity index (χ2n) is 5.56. The molecule has 0 atom stereocenters. The van der Waals surface area contributed by atoms with E-state index >= 15 is 0 Å². The van der Waals surface area contributed by atoms with Crippen LogP contribution in [0.25, 0.3) is 21.7 Å². The summed E-state index contributed by atoms with van der Waals surface area (Å²) in [7, 11) is 0. The van der Waals surface area contributed by atoms with Gasteiger partial charge in [0.1, 0.15) is 5.56 Å². The van der Waals surface area contributed by atoms with E-state index < -0.39 is 5.97 Å². The van der Waals surface area contributed by atoms with Crippen LogP contribution in [0.3, 0.4) is 0 Å². The second kappa shape index (κ2) is 6.01. The lowest BCUT2D eigenvalue weighted by molar-refractivity contribution is 0.0696. The van der Waals surface area contributed by atoms with Crippen molar-refractivity contribution in [2.75, 3.05) is 0 Å². The fourth-order valence-corrected chi connectivity index (χ4v) is 2.53. The van der Waals surface area contributed by atoms with E-state index in [0.29, 0.717) is 17.1 Å². The van der Waals surface area contributed by atoms with Gasteiger partial charge in [0.15, 0.2) is 5.69 Å². The molecule has 3 aromatic rings. The van der Waals surface area contributed by atoms with Crippen LogP contribution >= 0.6 is 0 Å². The number of nitrogens with zero attached hydrogens (tertiary/aromatic N) is 3. The summed E-state index contributed by atoms with van der Waals surface area (Å²) in [4.78, 5) is 14.8. The molecule has 0 radical (unpaired) electrons. The molecular formula is C19H15N3O2. The predicted molar refractivity (Wildman–Crippen MR) is 91.7 cm³/mol. The number of carboxylic acid groups (broad SMARTS) is 1. The molecule has 5 heteroatoms. The van der Waals surface area contributed by atoms with Crippen LogP contribution in [0.15, 0.2) is 48.7 Å². The van der Waals surface area contributed by atoms with Gasteiger partial charge in [-0.05, 0) is 37.1 Å². The van der Waals surface area contributed by atoms with Gasteiger partial charge in [0.25, 0.3) is 0 Å². The Hall–Kier alpha value is -3.39. The van der Waals surface area contributed by atoms with Crippen LogP contribution in [0.1, 0.15) is 21.6 Å². The highest BCUT2D eigenvalue weighted by Crippen LogP contribution is 2.32. The number of hydrogen-bond donors (Lipinski definition) is 1. The maximum atomic E-state index is 11.2. The summed E-state index contributed by atoms with van der Waals surface area (Å²) >= 11 is 0. The first-order chi connectivity index (χ1) is 11.5. The fraction of sp³-hybridized carbons (Fsp3) is 0.105. The van der Waals surface area contributed by atoms with E-state index in [1.807, 2.05) is 43.3 Å². The molecular weight excluding hydrogens is 302 g/mol. The predicted octanol–water partition coefficient (Wildman–Crippen LogP) is 4.41. The monoisotopic (exact) mass is 317 g/mol. The highest BCUT2D eigenvalue weighted by Gasteiger charge is 2.14. The van der Waals surface area contributed by atoms with Crippen LogP contribution in [-0.2, 0) is 0 Å². The molecule has 1 heterocycles. The van der Waals surface area contributed by atoms with Gasteiger partial charge in [-0.25, -0.2) is 14.3 Å². The molecule has 0 aliphatic carbocycles. The van der Waals surface area contributed by atoms with Crippen LogP contribution < -0.4 is 0 Å². The maximum absolute atomic E-state index is 11.2. The molecule has 0 fully saturated rings. The van der Waals surface area contributed by atoms with E-state index in [0.717, 1.165) is 16.7 Å². The van der Waals surface area contributed by atoms with Crippen molar-refractivity contribution >= 4 is 11.7 Å². The minimum Gasteiger partial charge on any atom is -0.478 e. The summed E-state index contributed by atoms with van der Waals surface area (Å²) in [5.74, 6) is -1.01. The van der Waals surface area contributed by atoms with Crippen molar-refractivity contribution in [2.45, 2.75) is 13.8 Å². The zero-order valence-corrected chi connectivity index (χ0v) is 13.3. The van der Waals surface area contributed by atoms with Crippen molar-refractivity contribution in [2.24, 2.45) is 0 Å². The van der Waals surface area contributed by atoms with Crippen molar-refractivity contribution in [3.8, 4) is 16.8 Å². The molecule has 0 amide bonds. The summed E-state index contributed by atoms with van der Waals surface area (Å²) in [6, 6.07) is 13.4. The largest absolute Gasteiger partial charge is 0.478 e. The highest BCUT2D eigenvalue weighted by molar-refractivity contribution is 5.88. The van der Waals surface area contributed by atoms with Gasteiger partial charge in [-0.15, -0.1) is 0 Å².